The summed E-state index contributed by atoms with van der Waals surface area (Å²) >= 11 is 0. The van der Waals surface area contributed by atoms with E-state index in [-0.39, 0.29) is 12.5 Å². The molecule has 1 amide bonds. The van der Waals surface area contributed by atoms with Gasteiger partial charge in [0.15, 0.2) is 0 Å². The van der Waals surface area contributed by atoms with Crippen molar-refractivity contribution in [2.75, 3.05) is 18.5 Å². The molecule has 1 rings (SSSR count). The van der Waals surface area contributed by atoms with Crippen LogP contribution in [0.5, 0.6) is 0 Å². The van der Waals surface area contributed by atoms with Crippen molar-refractivity contribution >= 4 is 18.2 Å². The van der Waals surface area contributed by atoms with Crippen LogP contribution in [-0.2, 0) is 20.9 Å². The SMILES string of the molecule is CCOC(=O)CNc1ccc(CNC=O)cn1. The zero-order chi connectivity index (χ0) is 12.5. The lowest BCUT2D eigenvalue weighted by molar-refractivity contribution is -0.140. The Balaban J connectivity index is 2.39. The lowest BCUT2D eigenvalue weighted by Crippen LogP contribution is -2.17. The van der Waals surface area contributed by atoms with Crippen LogP contribution >= 0.6 is 0 Å². The third kappa shape index (κ3) is 4.96. The number of esters is 1. The molecule has 0 fully saturated rings. The molecule has 92 valence electrons. The van der Waals surface area contributed by atoms with Crippen LogP contribution < -0.4 is 10.6 Å². The van der Waals surface area contributed by atoms with E-state index in [9.17, 15) is 9.59 Å². The zero-order valence-corrected chi connectivity index (χ0v) is 9.60. The predicted octanol–water partition coefficient (Wildman–Crippen LogP) is 0.303. The smallest absolute Gasteiger partial charge is 0.325 e. The molecule has 0 aliphatic rings. The molecule has 0 aliphatic heterocycles. The molecule has 1 aromatic rings. The van der Waals surface area contributed by atoms with Crippen molar-refractivity contribution in [2.24, 2.45) is 0 Å². The summed E-state index contributed by atoms with van der Waals surface area (Å²) in [6, 6.07) is 3.55. The van der Waals surface area contributed by atoms with Crippen LogP contribution in [0.1, 0.15) is 12.5 Å². The van der Waals surface area contributed by atoms with Crippen molar-refractivity contribution in [3.63, 3.8) is 0 Å². The first-order chi connectivity index (χ1) is 8.26. The maximum Gasteiger partial charge on any atom is 0.325 e. The Labute approximate surface area is 99.4 Å². The molecule has 6 nitrogen and oxygen atoms in total. The number of nitrogens with zero attached hydrogens (tertiary/aromatic N) is 1. The van der Waals surface area contributed by atoms with Gasteiger partial charge in [-0.1, -0.05) is 6.07 Å². The van der Waals surface area contributed by atoms with Crippen LogP contribution in [0.25, 0.3) is 0 Å². The molecule has 0 unspecified atom stereocenters. The molecule has 1 heterocycles. The number of rotatable bonds is 7. The number of aromatic nitrogens is 1. The first-order valence-corrected chi connectivity index (χ1v) is 5.27. The minimum absolute atomic E-state index is 0.0901. The predicted molar refractivity (Wildman–Crippen MR) is 62.3 cm³/mol. The molecule has 0 atom stereocenters. The third-order valence-corrected chi connectivity index (χ3v) is 1.93. The fourth-order valence-corrected chi connectivity index (χ4v) is 1.17. The molecule has 17 heavy (non-hydrogen) atoms. The highest BCUT2D eigenvalue weighted by Gasteiger charge is 2.01. The van der Waals surface area contributed by atoms with Crippen molar-refractivity contribution < 1.29 is 14.3 Å². The van der Waals surface area contributed by atoms with Crippen LogP contribution in [0.2, 0.25) is 0 Å². The first-order valence-electron chi connectivity index (χ1n) is 5.27. The molecule has 2 N–H and O–H groups in total. The number of hydrogen-bond acceptors (Lipinski definition) is 5. The molecule has 0 aliphatic carbocycles. The summed E-state index contributed by atoms with van der Waals surface area (Å²) < 4.78 is 4.76. The number of ether oxygens (including phenoxy) is 1. The van der Waals surface area contributed by atoms with Gasteiger partial charge in [0.25, 0.3) is 0 Å². The summed E-state index contributed by atoms with van der Waals surface area (Å²) in [4.78, 5) is 25.2. The normalized spacial score (nSPS) is 9.47. The van der Waals surface area contributed by atoms with Crippen molar-refractivity contribution in [3.8, 4) is 0 Å². The Kier molecular flexibility index (Phi) is 5.50. The second-order valence-corrected chi connectivity index (χ2v) is 3.21. The lowest BCUT2D eigenvalue weighted by atomic mass is 10.3. The standard InChI is InChI=1S/C11H15N3O3/c1-2-17-11(16)7-14-10-4-3-9(6-13-10)5-12-8-15/h3-4,6,8H,2,5,7H2,1H3,(H,12,15)(H,13,14). The fraction of sp³-hybridized carbons (Fsp3) is 0.364. The van der Waals surface area contributed by atoms with Gasteiger partial charge in [0.05, 0.1) is 6.61 Å². The minimum atomic E-state index is -0.319. The minimum Gasteiger partial charge on any atom is -0.465 e. The van der Waals surface area contributed by atoms with Crippen LogP contribution in [0.15, 0.2) is 18.3 Å². The Bertz CT molecular complexity index is 365. The van der Waals surface area contributed by atoms with Gasteiger partial charge in [-0.25, -0.2) is 4.98 Å². The summed E-state index contributed by atoms with van der Waals surface area (Å²) in [5.74, 6) is 0.272. The summed E-state index contributed by atoms with van der Waals surface area (Å²) in [6.45, 7) is 2.65. The molecule has 0 saturated heterocycles. The van der Waals surface area contributed by atoms with E-state index in [1.165, 1.54) is 0 Å². The van der Waals surface area contributed by atoms with Gasteiger partial charge in [-0.2, -0.15) is 0 Å². The number of anilines is 1. The van der Waals surface area contributed by atoms with E-state index in [0.29, 0.717) is 25.4 Å². The topological polar surface area (TPSA) is 80.3 Å². The van der Waals surface area contributed by atoms with E-state index in [4.69, 9.17) is 4.74 Å². The van der Waals surface area contributed by atoms with Crippen LogP contribution in [0.3, 0.4) is 0 Å². The average Bonchev–Trinajstić information content (AvgIpc) is 2.35. The molecular weight excluding hydrogens is 222 g/mol. The van der Waals surface area contributed by atoms with E-state index in [2.05, 4.69) is 15.6 Å². The Hall–Kier alpha value is -2.11. The van der Waals surface area contributed by atoms with E-state index in [1.54, 1.807) is 19.2 Å². The summed E-state index contributed by atoms with van der Waals surface area (Å²) in [6.07, 6.45) is 2.26. The monoisotopic (exact) mass is 237 g/mol. The molecule has 0 saturated carbocycles. The van der Waals surface area contributed by atoms with Crippen LogP contribution in [-0.4, -0.2) is 30.5 Å². The number of carbonyl (C=O) groups is 2. The van der Waals surface area contributed by atoms with Crippen molar-refractivity contribution in [3.05, 3.63) is 23.9 Å². The molecule has 0 aromatic carbocycles. The molecule has 0 bridgehead atoms. The van der Waals surface area contributed by atoms with Gasteiger partial charge in [0.1, 0.15) is 12.4 Å². The van der Waals surface area contributed by atoms with Gasteiger partial charge in [0, 0.05) is 12.7 Å². The maximum absolute atomic E-state index is 11.1. The molecule has 1 aromatic heterocycles. The van der Waals surface area contributed by atoms with E-state index in [1.807, 2.05) is 6.07 Å². The van der Waals surface area contributed by atoms with Gasteiger partial charge in [-0.15, -0.1) is 0 Å². The number of amides is 1. The number of pyridine rings is 1. The maximum atomic E-state index is 11.1. The zero-order valence-electron chi connectivity index (χ0n) is 9.60. The summed E-state index contributed by atoms with van der Waals surface area (Å²) in [5, 5.41) is 5.37. The quantitative estimate of drug-likeness (QED) is 0.526. The summed E-state index contributed by atoms with van der Waals surface area (Å²) in [5.41, 5.74) is 0.888. The largest absolute Gasteiger partial charge is 0.465 e. The van der Waals surface area contributed by atoms with E-state index < -0.39 is 0 Å². The summed E-state index contributed by atoms with van der Waals surface area (Å²) in [7, 11) is 0. The first kappa shape index (κ1) is 13.0. The molecule has 0 radical (unpaired) electrons. The Morgan fingerprint density at radius 3 is 2.94 bits per heavy atom. The highest BCUT2D eigenvalue weighted by molar-refractivity contribution is 5.74. The van der Waals surface area contributed by atoms with E-state index >= 15 is 0 Å². The van der Waals surface area contributed by atoms with E-state index in [0.717, 1.165) is 5.56 Å². The Morgan fingerprint density at radius 2 is 2.35 bits per heavy atom. The highest BCUT2D eigenvalue weighted by atomic mass is 16.5. The molecule has 6 heteroatoms. The van der Waals surface area contributed by atoms with Gasteiger partial charge < -0.3 is 15.4 Å². The van der Waals surface area contributed by atoms with Crippen LogP contribution in [0, 0.1) is 0 Å². The van der Waals surface area contributed by atoms with Crippen molar-refractivity contribution in [2.45, 2.75) is 13.5 Å². The number of nitrogens with one attached hydrogen (secondary N) is 2. The van der Waals surface area contributed by atoms with Gasteiger partial charge in [-0.05, 0) is 18.6 Å². The number of carbonyl (C=O) groups excluding carboxylic acids is 2. The fourth-order valence-electron chi connectivity index (χ4n) is 1.17. The van der Waals surface area contributed by atoms with Crippen molar-refractivity contribution in [1.29, 1.82) is 0 Å². The Morgan fingerprint density at radius 1 is 1.53 bits per heavy atom. The second kappa shape index (κ2) is 7.21. The van der Waals surface area contributed by atoms with Gasteiger partial charge in [-0.3, -0.25) is 9.59 Å². The molecular formula is C11H15N3O3. The van der Waals surface area contributed by atoms with Crippen molar-refractivity contribution in [1.82, 2.24) is 10.3 Å². The molecule has 0 spiro atoms. The van der Waals surface area contributed by atoms with Crippen LogP contribution in [0.4, 0.5) is 5.82 Å². The van der Waals surface area contributed by atoms with Gasteiger partial charge >= 0.3 is 5.97 Å². The second-order valence-electron chi connectivity index (χ2n) is 3.21. The lowest BCUT2D eigenvalue weighted by Gasteiger charge is -2.06. The number of hydrogen-bond donors (Lipinski definition) is 2. The average molecular weight is 237 g/mol. The third-order valence-electron chi connectivity index (χ3n) is 1.93. The van der Waals surface area contributed by atoms with Gasteiger partial charge in [0.2, 0.25) is 6.41 Å². The highest BCUT2D eigenvalue weighted by Crippen LogP contribution is 2.04.